The maximum Gasteiger partial charge on any atom is 0.263 e. The second kappa shape index (κ2) is 5.73. The molecule has 0 saturated heterocycles. The van der Waals surface area contributed by atoms with Gasteiger partial charge in [-0.3, -0.25) is 4.72 Å². The lowest BCUT2D eigenvalue weighted by atomic mass is 10.2. The predicted molar refractivity (Wildman–Crippen MR) is 79.0 cm³/mol. The smallest absolute Gasteiger partial charge is 0.262 e. The summed E-state index contributed by atoms with van der Waals surface area (Å²) in [7, 11) is -3.87. The van der Waals surface area contributed by atoms with Crippen LogP contribution in [0.3, 0.4) is 0 Å². The molecule has 1 aromatic carbocycles. The number of benzene rings is 1. The minimum Gasteiger partial charge on any atom is -0.262 e. The average Bonchev–Trinajstić information content (AvgIpc) is 2.37. The molecule has 0 unspecified atom stereocenters. The summed E-state index contributed by atoms with van der Waals surface area (Å²) < 4.78 is 26.9. The number of hydrogen-bond acceptors (Lipinski definition) is 4. The molecular formula is C11H8Cl3N3O2S. The zero-order valence-electron chi connectivity index (χ0n) is 10.1. The number of hydrogen-bond donors (Lipinski definition) is 1. The van der Waals surface area contributed by atoms with E-state index >= 15 is 0 Å². The Morgan fingerprint density at radius 2 is 1.85 bits per heavy atom. The van der Waals surface area contributed by atoms with Crippen LogP contribution in [-0.4, -0.2) is 18.4 Å². The van der Waals surface area contributed by atoms with Crippen LogP contribution >= 0.6 is 34.8 Å². The average molecular weight is 353 g/mol. The van der Waals surface area contributed by atoms with Crippen LogP contribution < -0.4 is 4.72 Å². The summed E-state index contributed by atoms with van der Waals surface area (Å²) in [6.45, 7) is 1.65. The Labute approximate surface area is 131 Å². The van der Waals surface area contributed by atoms with Crippen molar-refractivity contribution >= 4 is 50.6 Å². The van der Waals surface area contributed by atoms with Gasteiger partial charge in [0.2, 0.25) is 0 Å². The Morgan fingerprint density at radius 1 is 1.15 bits per heavy atom. The minimum absolute atomic E-state index is 0.0378. The first-order valence-electron chi connectivity index (χ1n) is 5.26. The van der Waals surface area contributed by atoms with Crippen LogP contribution in [0.25, 0.3) is 0 Å². The second-order valence-corrected chi connectivity index (χ2v) is 6.67. The largest absolute Gasteiger partial charge is 0.263 e. The molecular weight excluding hydrogens is 345 g/mol. The van der Waals surface area contributed by atoms with Crippen LogP contribution in [0.2, 0.25) is 15.2 Å². The number of rotatable bonds is 3. The maximum absolute atomic E-state index is 12.3. The van der Waals surface area contributed by atoms with Crippen molar-refractivity contribution in [3.8, 4) is 0 Å². The van der Waals surface area contributed by atoms with E-state index in [4.69, 9.17) is 34.8 Å². The number of anilines is 1. The van der Waals surface area contributed by atoms with Gasteiger partial charge in [-0.05, 0) is 24.6 Å². The highest BCUT2D eigenvalue weighted by molar-refractivity contribution is 7.92. The van der Waals surface area contributed by atoms with Crippen molar-refractivity contribution in [3.05, 3.63) is 45.3 Å². The Morgan fingerprint density at radius 3 is 2.55 bits per heavy atom. The van der Waals surface area contributed by atoms with Gasteiger partial charge in [-0.1, -0.05) is 40.9 Å². The van der Waals surface area contributed by atoms with Gasteiger partial charge >= 0.3 is 0 Å². The Hall–Kier alpha value is -1.08. The van der Waals surface area contributed by atoms with Crippen molar-refractivity contribution in [2.75, 3.05) is 4.72 Å². The fourth-order valence-corrected chi connectivity index (χ4v) is 3.33. The van der Waals surface area contributed by atoms with Crippen molar-refractivity contribution < 1.29 is 8.42 Å². The summed E-state index contributed by atoms with van der Waals surface area (Å²) >= 11 is 17.4. The summed E-state index contributed by atoms with van der Waals surface area (Å²) in [5.74, 6) is -0.0916. The third kappa shape index (κ3) is 3.15. The molecule has 5 nitrogen and oxygen atoms in total. The van der Waals surface area contributed by atoms with Crippen molar-refractivity contribution in [2.24, 2.45) is 0 Å². The van der Waals surface area contributed by atoms with Crippen molar-refractivity contribution in [3.63, 3.8) is 0 Å². The number of sulfonamides is 1. The summed E-state index contributed by atoms with van der Waals surface area (Å²) in [5.41, 5.74) is 0.540. The van der Waals surface area contributed by atoms with Crippen LogP contribution in [0.4, 0.5) is 5.82 Å². The van der Waals surface area contributed by atoms with Gasteiger partial charge in [-0.25, -0.2) is 18.4 Å². The number of aromatic nitrogens is 2. The molecule has 0 aliphatic rings. The molecule has 106 valence electrons. The molecule has 0 bridgehead atoms. The summed E-state index contributed by atoms with van der Waals surface area (Å²) in [6, 6.07) is 4.55. The first-order chi connectivity index (χ1) is 9.31. The molecule has 0 aliphatic heterocycles. The van der Waals surface area contributed by atoms with E-state index < -0.39 is 10.0 Å². The highest BCUT2D eigenvalue weighted by Crippen LogP contribution is 2.28. The first-order valence-corrected chi connectivity index (χ1v) is 7.88. The maximum atomic E-state index is 12.3. The van der Waals surface area contributed by atoms with Crippen LogP contribution in [0, 0.1) is 6.92 Å². The van der Waals surface area contributed by atoms with E-state index in [0.717, 1.165) is 6.33 Å². The molecule has 2 rings (SSSR count). The topological polar surface area (TPSA) is 72.0 Å². The van der Waals surface area contributed by atoms with Crippen LogP contribution in [0.1, 0.15) is 5.56 Å². The summed E-state index contributed by atoms with van der Waals surface area (Å²) in [6.07, 6.45) is 1.11. The van der Waals surface area contributed by atoms with E-state index in [0.29, 0.717) is 10.6 Å². The third-order valence-corrected chi connectivity index (χ3v) is 4.88. The number of nitrogens with zero attached hydrogens (tertiary/aromatic N) is 2. The molecule has 0 saturated carbocycles. The van der Waals surface area contributed by atoms with Crippen molar-refractivity contribution in [1.29, 1.82) is 0 Å². The molecule has 0 radical (unpaired) electrons. The molecule has 0 fully saturated rings. The molecule has 0 amide bonds. The third-order valence-electron chi connectivity index (χ3n) is 2.42. The minimum atomic E-state index is -3.87. The molecule has 0 spiro atoms. The van der Waals surface area contributed by atoms with Gasteiger partial charge in [-0.2, -0.15) is 0 Å². The van der Waals surface area contributed by atoms with Gasteiger partial charge in [0, 0.05) is 5.02 Å². The molecule has 1 N–H and O–H groups in total. The Bertz CT molecular complexity index is 766. The molecule has 2 aromatic rings. The molecule has 1 heterocycles. The fourth-order valence-electron chi connectivity index (χ4n) is 1.47. The van der Waals surface area contributed by atoms with E-state index in [1.807, 2.05) is 0 Å². The number of nitrogens with one attached hydrogen (secondary N) is 1. The SMILES string of the molecule is Cc1ccc(Cl)cc1S(=O)(=O)Nc1ncnc(Cl)c1Cl. The standard InChI is InChI=1S/C11H8Cl3N3O2S/c1-6-2-3-7(12)4-8(6)20(18,19)17-11-9(13)10(14)15-5-16-11/h2-5H,1H3,(H,15,16,17). The lowest BCUT2D eigenvalue weighted by Gasteiger charge is -2.11. The highest BCUT2D eigenvalue weighted by atomic mass is 35.5. The number of aryl methyl sites for hydroxylation is 1. The van der Waals surface area contributed by atoms with Gasteiger partial charge in [0.15, 0.2) is 11.0 Å². The van der Waals surface area contributed by atoms with Gasteiger partial charge < -0.3 is 0 Å². The van der Waals surface area contributed by atoms with E-state index in [9.17, 15) is 8.42 Å². The van der Waals surface area contributed by atoms with Gasteiger partial charge in [-0.15, -0.1) is 0 Å². The van der Waals surface area contributed by atoms with Crippen LogP contribution in [0.5, 0.6) is 0 Å². The van der Waals surface area contributed by atoms with Crippen LogP contribution in [-0.2, 0) is 10.0 Å². The predicted octanol–water partition coefficient (Wildman–Crippen LogP) is 3.55. The zero-order chi connectivity index (χ0) is 14.9. The van der Waals surface area contributed by atoms with Crippen LogP contribution in [0.15, 0.2) is 29.4 Å². The van der Waals surface area contributed by atoms with Crippen molar-refractivity contribution in [1.82, 2.24) is 9.97 Å². The molecule has 0 aliphatic carbocycles. The highest BCUT2D eigenvalue weighted by Gasteiger charge is 2.20. The lowest BCUT2D eigenvalue weighted by Crippen LogP contribution is -2.15. The molecule has 9 heteroatoms. The molecule has 1 aromatic heterocycles. The quantitative estimate of drug-likeness (QED) is 0.858. The summed E-state index contributed by atoms with van der Waals surface area (Å²) in [4.78, 5) is 7.43. The van der Waals surface area contributed by atoms with E-state index in [1.54, 1.807) is 19.1 Å². The van der Waals surface area contributed by atoms with Gasteiger partial charge in [0.25, 0.3) is 10.0 Å². The summed E-state index contributed by atoms with van der Waals surface area (Å²) in [5, 5.41) is 0.197. The van der Waals surface area contributed by atoms with E-state index in [1.165, 1.54) is 6.07 Å². The normalized spacial score (nSPS) is 11.4. The van der Waals surface area contributed by atoms with Crippen molar-refractivity contribution in [2.45, 2.75) is 11.8 Å². The molecule has 0 atom stereocenters. The Kier molecular flexibility index (Phi) is 4.39. The lowest BCUT2D eigenvalue weighted by molar-refractivity contribution is 0.600. The Balaban J connectivity index is 2.46. The number of halogens is 3. The second-order valence-electron chi connectivity index (χ2n) is 3.84. The first kappa shape index (κ1) is 15.3. The molecule has 20 heavy (non-hydrogen) atoms. The van der Waals surface area contributed by atoms with E-state index in [2.05, 4.69) is 14.7 Å². The zero-order valence-corrected chi connectivity index (χ0v) is 13.1. The van der Waals surface area contributed by atoms with Gasteiger partial charge in [0.05, 0.1) is 4.90 Å². The fraction of sp³-hybridized carbons (Fsp3) is 0.0909. The van der Waals surface area contributed by atoms with E-state index in [-0.39, 0.29) is 20.9 Å². The van der Waals surface area contributed by atoms with Gasteiger partial charge in [0.1, 0.15) is 11.3 Å². The monoisotopic (exact) mass is 351 g/mol.